The normalized spacial score (nSPS) is 16.5. The molecule has 4 aromatic rings. The molecule has 0 radical (unpaired) electrons. The highest BCUT2D eigenvalue weighted by atomic mass is 35.5. The molecule has 6 nitrogen and oxygen atoms in total. The number of ether oxygens (including phenoxy) is 1. The van der Waals surface area contributed by atoms with Crippen LogP contribution in [0.1, 0.15) is 22.9 Å². The molecule has 2 heterocycles. The number of hydrogen-bond donors (Lipinski definition) is 1. The van der Waals surface area contributed by atoms with Gasteiger partial charge in [-0.3, -0.25) is 4.90 Å². The fraction of sp³-hybridized carbons (Fsp3) is 0.231. The second-order valence-corrected chi connectivity index (χ2v) is 10.7. The molecule has 5 rings (SSSR count). The van der Waals surface area contributed by atoms with Crippen LogP contribution < -0.4 is 4.74 Å². The third-order valence-electron chi connectivity index (χ3n) is 6.31. The van der Waals surface area contributed by atoms with Crippen LogP contribution in [0.25, 0.3) is 11.0 Å². The van der Waals surface area contributed by atoms with Gasteiger partial charge in [-0.15, -0.1) is 0 Å². The van der Waals surface area contributed by atoms with Crippen molar-refractivity contribution in [2.45, 2.75) is 28.8 Å². The van der Waals surface area contributed by atoms with E-state index in [0.29, 0.717) is 30.5 Å². The van der Waals surface area contributed by atoms with E-state index in [1.807, 2.05) is 24.3 Å². The molecule has 0 spiro atoms. The first-order valence-electron chi connectivity index (χ1n) is 10.9. The first-order chi connectivity index (χ1) is 16.4. The quantitative estimate of drug-likeness (QED) is 0.403. The standard InChI is InChI=1S/C26H24ClNO5S/c1-32-18-9-7-17(8-10-18)15-28-12-11-24-25(23(28)16-29)21-13-20(14-22(27)26(21)33-24)34(30,31)19-5-3-2-4-6-19/h2-10,13-14,23,29H,11-12,15-16H2,1H3. The minimum Gasteiger partial charge on any atom is -0.497 e. The van der Waals surface area contributed by atoms with Crippen LogP contribution in [0.2, 0.25) is 5.02 Å². The van der Waals surface area contributed by atoms with Crippen LogP contribution in [0.4, 0.5) is 0 Å². The van der Waals surface area contributed by atoms with E-state index < -0.39 is 9.84 Å². The topological polar surface area (TPSA) is 80.0 Å². The van der Waals surface area contributed by atoms with Gasteiger partial charge in [0.2, 0.25) is 9.84 Å². The van der Waals surface area contributed by atoms with Gasteiger partial charge in [-0.2, -0.15) is 0 Å². The number of sulfone groups is 1. The Bertz CT molecular complexity index is 1430. The third kappa shape index (κ3) is 3.99. The summed E-state index contributed by atoms with van der Waals surface area (Å²) >= 11 is 6.51. The van der Waals surface area contributed by atoms with E-state index in [-0.39, 0.29) is 27.5 Å². The van der Waals surface area contributed by atoms with E-state index in [1.165, 1.54) is 6.07 Å². The van der Waals surface area contributed by atoms with E-state index in [9.17, 15) is 13.5 Å². The average Bonchev–Trinajstić information content (AvgIpc) is 3.24. The van der Waals surface area contributed by atoms with E-state index in [0.717, 1.165) is 22.6 Å². The van der Waals surface area contributed by atoms with Gasteiger partial charge in [0.15, 0.2) is 5.58 Å². The number of rotatable bonds is 6. The summed E-state index contributed by atoms with van der Waals surface area (Å²) in [4.78, 5) is 2.47. The Kier molecular flexibility index (Phi) is 6.12. The molecule has 0 amide bonds. The SMILES string of the molecule is COc1ccc(CN2CCc3oc4c(Cl)cc(S(=O)(=O)c5ccccc5)cc4c3C2CO)cc1. The lowest BCUT2D eigenvalue weighted by atomic mass is 9.96. The van der Waals surface area contributed by atoms with Crippen LogP contribution in [0, 0.1) is 0 Å². The van der Waals surface area contributed by atoms with Crippen molar-refractivity contribution in [3.63, 3.8) is 0 Å². The minimum atomic E-state index is -3.76. The number of methoxy groups -OCH3 is 1. The number of benzene rings is 3. The van der Waals surface area contributed by atoms with E-state index in [1.54, 1.807) is 43.5 Å². The summed E-state index contributed by atoms with van der Waals surface area (Å²) in [5.41, 5.74) is 2.33. The zero-order valence-corrected chi connectivity index (χ0v) is 20.1. The second kappa shape index (κ2) is 9.07. The maximum absolute atomic E-state index is 13.3. The monoisotopic (exact) mass is 497 g/mol. The van der Waals surface area contributed by atoms with Crippen LogP contribution in [0.5, 0.6) is 5.75 Å². The molecule has 1 aromatic heterocycles. The highest BCUT2D eigenvalue weighted by molar-refractivity contribution is 7.91. The van der Waals surface area contributed by atoms with Crippen molar-refractivity contribution in [3.05, 3.63) is 88.6 Å². The largest absolute Gasteiger partial charge is 0.497 e. The predicted octanol–water partition coefficient (Wildman–Crippen LogP) is 5.02. The third-order valence-corrected chi connectivity index (χ3v) is 8.34. The van der Waals surface area contributed by atoms with Crippen LogP contribution in [0.15, 0.2) is 80.9 Å². The van der Waals surface area contributed by atoms with Gasteiger partial charge < -0.3 is 14.3 Å². The molecule has 1 atom stereocenters. The van der Waals surface area contributed by atoms with Crippen molar-refractivity contribution in [1.82, 2.24) is 4.90 Å². The first-order valence-corrected chi connectivity index (χ1v) is 12.8. The Morgan fingerprint density at radius 3 is 2.50 bits per heavy atom. The summed E-state index contributed by atoms with van der Waals surface area (Å²) in [6.45, 7) is 1.18. The molecule has 3 aromatic carbocycles. The number of nitrogens with zero attached hydrogens (tertiary/aromatic N) is 1. The number of furan rings is 1. The molecular formula is C26H24ClNO5S. The number of halogens is 1. The molecule has 0 fully saturated rings. The van der Waals surface area contributed by atoms with Crippen molar-refractivity contribution >= 4 is 32.4 Å². The highest BCUT2D eigenvalue weighted by Gasteiger charge is 2.33. The van der Waals surface area contributed by atoms with Gasteiger partial charge in [0, 0.05) is 30.5 Å². The van der Waals surface area contributed by atoms with Gasteiger partial charge in [-0.1, -0.05) is 41.9 Å². The highest BCUT2D eigenvalue weighted by Crippen LogP contribution is 2.42. The summed E-state index contributed by atoms with van der Waals surface area (Å²) in [6, 6.07) is 18.8. The van der Waals surface area contributed by atoms with Gasteiger partial charge in [0.05, 0.1) is 34.6 Å². The van der Waals surface area contributed by atoms with Gasteiger partial charge in [-0.25, -0.2) is 8.42 Å². The second-order valence-electron chi connectivity index (χ2n) is 8.30. The van der Waals surface area contributed by atoms with Crippen molar-refractivity contribution in [2.75, 3.05) is 20.3 Å². The molecule has 0 saturated heterocycles. The Hall–Kier alpha value is -2.84. The lowest BCUT2D eigenvalue weighted by molar-refractivity contribution is 0.105. The van der Waals surface area contributed by atoms with Crippen molar-refractivity contribution in [1.29, 1.82) is 0 Å². The summed E-state index contributed by atoms with van der Waals surface area (Å²) in [7, 11) is -2.14. The van der Waals surface area contributed by atoms with E-state index in [2.05, 4.69) is 4.90 Å². The molecule has 8 heteroatoms. The smallest absolute Gasteiger partial charge is 0.206 e. The zero-order valence-electron chi connectivity index (χ0n) is 18.6. The van der Waals surface area contributed by atoms with Crippen molar-refractivity contribution in [3.8, 4) is 5.75 Å². The molecule has 1 unspecified atom stereocenters. The molecule has 1 aliphatic rings. The number of fused-ring (bicyclic) bond motifs is 3. The lowest BCUT2D eigenvalue weighted by Crippen LogP contribution is -2.36. The molecule has 1 aliphatic heterocycles. The first kappa shape index (κ1) is 22.9. The van der Waals surface area contributed by atoms with Gasteiger partial charge >= 0.3 is 0 Å². The van der Waals surface area contributed by atoms with Crippen molar-refractivity contribution in [2.24, 2.45) is 0 Å². The maximum atomic E-state index is 13.3. The number of hydrogen-bond acceptors (Lipinski definition) is 6. The molecule has 1 N–H and O–H groups in total. The van der Waals surface area contributed by atoms with Crippen LogP contribution in [0.3, 0.4) is 0 Å². The number of aliphatic hydroxyl groups is 1. The Balaban J connectivity index is 1.57. The summed E-state index contributed by atoms with van der Waals surface area (Å²) < 4.78 is 37.9. The molecule has 0 saturated carbocycles. The Morgan fingerprint density at radius 1 is 1.09 bits per heavy atom. The maximum Gasteiger partial charge on any atom is 0.206 e. The fourth-order valence-electron chi connectivity index (χ4n) is 4.59. The van der Waals surface area contributed by atoms with Gasteiger partial charge in [0.25, 0.3) is 0 Å². The summed E-state index contributed by atoms with van der Waals surface area (Å²) in [5.74, 6) is 1.52. The molecule has 176 valence electrons. The minimum absolute atomic E-state index is 0.101. The lowest BCUT2D eigenvalue weighted by Gasteiger charge is -2.34. The Morgan fingerprint density at radius 2 is 1.82 bits per heavy atom. The average molecular weight is 498 g/mol. The summed E-state index contributed by atoms with van der Waals surface area (Å²) in [5, 5.41) is 11.2. The van der Waals surface area contributed by atoms with E-state index in [4.69, 9.17) is 20.8 Å². The molecule has 0 aliphatic carbocycles. The van der Waals surface area contributed by atoms with Crippen LogP contribution in [-0.4, -0.2) is 38.7 Å². The van der Waals surface area contributed by atoms with Gasteiger partial charge in [0.1, 0.15) is 11.5 Å². The Labute approximate surface area is 203 Å². The molecule has 0 bridgehead atoms. The molecule has 34 heavy (non-hydrogen) atoms. The van der Waals surface area contributed by atoms with Crippen molar-refractivity contribution < 1.29 is 22.7 Å². The fourth-order valence-corrected chi connectivity index (χ4v) is 6.24. The van der Waals surface area contributed by atoms with E-state index >= 15 is 0 Å². The van der Waals surface area contributed by atoms with Crippen LogP contribution >= 0.6 is 11.6 Å². The predicted molar refractivity (Wildman–Crippen MR) is 130 cm³/mol. The summed E-state index contributed by atoms with van der Waals surface area (Å²) in [6.07, 6.45) is 0.633. The number of aliphatic hydroxyl groups excluding tert-OH is 1. The zero-order chi connectivity index (χ0) is 23.9. The van der Waals surface area contributed by atoms with Crippen LogP contribution in [-0.2, 0) is 22.8 Å². The molecular weight excluding hydrogens is 474 g/mol. The van der Waals surface area contributed by atoms with Gasteiger partial charge in [-0.05, 0) is 42.0 Å².